The Balaban J connectivity index is 1.62. The van der Waals surface area contributed by atoms with E-state index in [0.717, 1.165) is 30.9 Å². The highest BCUT2D eigenvalue weighted by Crippen LogP contribution is 2.38. The Hall–Kier alpha value is -2.74. The molecule has 1 atom stereocenters. The molecule has 0 bridgehead atoms. The van der Waals surface area contributed by atoms with Gasteiger partial charge in [0.25, 0.3) is 5.91 Å². The second-order valence-corrected chi connectivity index (χ2v) is 7.72. The lowest BCUT2D eigenvalue weighted by Gasteiger charge is -2.31. The van der Waals surface area contributed by atoms with Gasteiger partial charge in [0.1, 0.15) is 11.5 Å². The largest absolute Gasteiger partial charge is 0.497 e. The monoisotopic (exact) mass is 400 g/mol. The van der Waals surface area contributed by atoms with Crippen LogP contribution in [0, 0.1) is 0 Å². The number of hydrogen-bond donors (Lipinski definition) is 1. The SMILES string of the molecule is COc1cc(OC)cc([C@@H]2NC(=O)N(C)C3=C2C(=O)N(CCN2CCCC2)C3)c1. The number of ether oxygens (including phenoxy) is 2. The van der Waals surface area contributed by atoms with Crippen LogP contribution in [-0.4, -0.2) is 80.6 Å². The Labute approximate surface area is 171 Å². The van der Waals surface area contributed by atoms with E-state index in [-0.39, 0.29) is 11.9 Å². The molecule has 3 aliphatic rings. The number of amides is 3. The number of nitrogens with zero attached hydrogens (tertiary/aromatic N) is 3. The van der Waals surface area contributed by atoms with Gasteiger partial charge in [-0.3, -0.25) is 9.69 Å². The Morgan fingerprint density at radius 3 is 2.31 bits per heavy atom. The highest BCUT2D eigenvalue weighted by Gasteiger charge is 2.43. The summed E-state index contributed by atoms with van der Waals surface area (Å²) in [5, 5.41) is 2.96. The van der Waals surface area contributed by atoms with Crippen LogP contribution >= 0.6 is 0 Å². The van der Waals surface area contributed by atoms with E-state index >= 15 is 0 Å². The van der Waals surface area contributed by atoms with Crippen LogP contribution in [0.1, 0.15) is 24.4 Å². The minimum absolute atomic E-state index is 0.0159. The van der Waals surface area contributed by atoms with Gasteiger partial charge in [-0.25, -0.2) is 4.79 Å². The van der Waals surface area contributed by atoms with Crippen molar-refractivity contribution in [1.29, 1.82) is 0 Å². The molecule has 0 saturated carbocycles. The van der Waals surface area contributed by atoms with Crippen molar-refractivity contribution in [3.05, 3.63) is 35.0 Å². The number of hydrogen-bond acceptors (Lipinski definition) is 5. The van der Waals surface area contributed by atoms with Crippen LogP contribution in [0.15, 0.2) is 29.5 Å². The lowest BCUT2D eigenvalue weighted by atomic mass is 9.95. The fourth-order valence-corrected chi connectivity index (χ4v) is 4.32. The van der Waals surface area contributed by atoms with Crippen molar-refractivity contribution in [3.63, 3.8) is 0 Å². The minimum atomic E-state index is -0.526. The van der Waals surface area contributed by atoms with Crippen LogP contribution in [0.2, 0.25) is 0 Å². The lowest BCUT2D eigenvalue weighted by molar-refractivity contribution is -0.126. The van der Waals surface area contributed by atoms with Crippen LogP contribution in [-0.2, 0) is 4.79 Å². The number of nitrogens with one attached hydrogen (secondary N) is 1. The van der Waals surface area contributed by atoms with Crippen molar-refractivity contribution >= 4 is 11.9 Å². The first-order chi connectivity index (χ1) is 14.0. The molecule has 1 fully saturated rings. The smallest absolute Gasteiger partial charge is 0.322 e. The van der Waals surface area contributed by atoms with E-state index < -0.39 is 6.04 Å². The molecule has 0 radical (unpaired) electrons. The van der Waals surface area contributed by atoms with Gasteiger partial charge in [-0.1, -0.05) is 0 Å². The summed E-state index contributed by atoms with van der Waals surface area (Å²) in [5.41, 5.74) is 2.17. The van der Waals surface area contributed by atoms with Crippen LogP contribution in [0.25, 0.3) is 0 Å². The molecule has 1 aromatic rings. The molecule has 3 amide bonds. The fourth-order valence-electron chi connectivity index (χ4n) is 4.32. The zero-order valence-electron chi connectivity index (χ0n) is 17.2. The molecule has 8 nitrogen and oxygen atoms in total. The Morgan fingerprint density at radius 1 is 1.03 bits per heavy atom. The molecule has 0 aromatic heterocycles. The first-order valence-corrected chi connectivity index (χ1v) is 10.0. The highest BCUT2D eigenvalue weighted by molar-refractivity contribution is 6.01. The molecular weight excluding hydrogens is 372 g/mol. The third-order valence-corrected chi connectivity index (χ3v) is 6.03. The van der Waals surface area contributed by atoms with Gasteiger partial charge >= 0.3 is 6.03 Å². The van der Waals surface area contributed by atoms with E-state index in [4.69, 9.17) is 9.47 Å². The molecule has 8 heteroatoms. The summed E-state index contributed by atoms with van der Waals surface area (Å²) < 4.78 is 10.7. The summed E-state index contributed by atoms with van der Waals surface area (Å²) in [4.78, 5) is 31.7. The number of benzene rings is 1. The van der Waals surface area contributed by atoms with Gasteiger partial charge in [0.2, 0.25) is 0 Å². The number of methoxy groups -OCH3 is 2. The van der Waals surface area contributed by atoms with Crippen molar-refractivity contribution in [2.75, 3.05) is 54.0 Å². The molecule has 0 aliphatic carbocycles. The Kier molecular flexibility index (Phi) is 5.36. The lowest BCUT2D eigenvalue weighted by Crippen LogP contribution is -2.45. The van der Waals surface area contributed by atoms with E-state index in [1.807, 2.05) is 17.0 Å². The average molecular weight is 400 g/mol. The van der Waals surface area contributed by atoms with Crippen molar-refractivity contribution in [1.82, 2.24) is 20.0 Å². The maximum atomic E-state index is 13.3. The fraction of sp³-hybridized carbons (Fsp3) is 0.524. The molecule has 156 valence electrons. The van der Waals surface area contributed by atoms with Crippen molar-refractivity contribution in [2.45, 2.75) is 18.9 Å². The number of likely N-dealkylation sites (tertiary alicyclic amines) is 1. The van der Waals surface area contributed by atoms with Crippen LogP contribution < -0.4 is 14.8 Å². The second kappa shape index (κ2) is 7.94. The summed E-state index contributed by atoms with van der Waals surface area (Å²) in [6.07, 6.45) is 2.45. The zero-order valence-corrected chi connectivity index (χ0v) is 17.2. The Morgan fingerprint density at radius 2 is 1.69 bits per heavy atom. The van der Waals surface area contributed by atoms with Gasteiger partial charge in [0, 0.05) is 26.2 Å². The summed E-state index contributed by atoms with van der Waals surface area (Å²) in [6, 6.07) is 4.70. The molecule has 3 heterocycles. The van der Waals surface area contributed by atoms with Crippen molar-refractivity contribution in [2.24, 2.45) is 0 Å². The van der Waals surface area contributed by atoms with E-state index in [1.54, 1.807) is 32.2 Å². The van der Waals surface area contributed by atoms with Crippen molar-refractivity contribution in [3.8, 4) is 11.5 Å². The highest BCUT2D eigenvalue weighted by atomic mass is 16.5. The van der Waals surface area contributed by atoms with Gasteiger partial charge in [-0.2, -0.15) is 0 Å². The maximum absolute atomic E-state index is 13.3. The van der Waals surface area contributed by atoms with Gasteiger partial charge in [-0.15, -0.1) is 0 Å². The average Bonchev–Trinajstić information content (AvgIpc) is 3.37. The number of carbonyl (C=O) groups excluding carboxylic acids is 2. The van der Waals surface area contributed by atoms with E-state index in [1.165, 1.54) is 12.8 Å². The standard InChI is InChI=1S/C21H28N4O4/c1-23-17-13-25(9-8-24-6-4-5-7-24)20(26)18(17)19(22-21(23)27)14-10-15(28-2)12-16(11-14)29-3/h10-12,19H,4-9,13H2,1-3H3,(H,22,27)/t19-/m0/s1. The zero-order chi connectivity index (χ0) is 20.5. The summed E-state index contributed by atoms with van der Waals surface area (Å²) in [6.45, 7) is 4.20. The number of rotatable bonds is 6. The second-order valence-electron chi connectivity index (χ2n) is 7.72. The van der Waals surface area contributed by atoms with Crippen LogP contribution in [0.4, 0.5) is 4.79 Å². The number of likely N-dealkylation sites (N-methyl/N-ethyl adjacent to an activating group) is 1. The number of urea groups is 1. The first-order valence-electron chi connectivity index (χ1n) is 10.0. The maximum Gasteiger partial charge on any atom is 0.322 e. The molecule has 0 spiro atoms. The van der Waals surface area contributed by atoms with E-state index in [0.29, 0.717) is 30.2 Å². The minimum Gasteiger partial charge on any atom is -0.497 e. The molecule has 4 rings (SSSR count). The topological polar surface area (TPSA) is 74.3 Å². The predicted octanol–water partition coefficient (Wildman–Crippen LogP) is 1.59. The summed E-state index contributed by atoms with van der Waals surface area (Å²) >= 11 is 0. The number of carbonyl (C=O) groups is 2. The van der Waals surface area contributed by atoms with Gasteiger partial charge in [0.15, 0.2) is 0 Å². The van der Waals surface area contributed by atoms with Gasteiger partial charge in [0.05, 0.1) is 38.1 Å². The molecular formula is C21H28N4O4. The quantitative estimate of drug-likeness (QED) is 0.785. The van der Waals surface area contributed by atoms with Crippen LogP contribution in [0.5, 0.6) is 11.5 Å². The summed E-state index contributed by atoms with van der Waals surface area (Å²) in [7, 11) is 4.87. The molecule has 29 heavy (non-hydrogen) atoms. The van der Waals surface area contributed by atoms with Gasteiger partial charge in [-0.05, 0) is 43.6 Å². The summed E-state index contributed by atoms with van der Waals surface area (Å²) in [5.74, 6) is 1.22. The van der Waals surface area contributed by atoms with Crippen molar-refractivity contribution < 1.29 is 19.1 Å². The normalized spacial score (nSPS) is 22.2. The van der Waals surface area contributed by atoms with E-state index in [9.17, 15) is 9.59 Å². The predicted molar refractivity (Wildman–Crippen MR) is 108 cm³/mol. The third kappa shape index (κ3) is 3.64. The van der Waals surface area contributed by atoms with Crippen LogP contribution in [0.3, 0.4) is 0 Å². The third-order valence-electron chi connectivity index (χ3n) is 6.03. The molecule has 1 N–H and O–H groups in total. The molecule has 3 aliphatic heterocycles. The molecule has 1 aromatic carbocycles. The Bertz CT molecular complexity index is 825. The van der Waals surface area contributed by atoms with E-state index in [2.05, 4.69) is 10.2 Å². The molecule has 1 saturated heterocycles. The van der Waals surface area contributed by atoms with Gasteiger partial charge < -0.3 is 24.6 Å². The molecule has 0 unspecified atom stereocenters. The first kappa shape index (κ1) is 19.6.